The van der Waals surface area contributed by atoms with E-state index in [-0.39, 0.29) is 18.1 Å². The summed E-state index contributed by atoms with van der Waals surface area (Å²) in [5.74, 6) is -1.38. The van der Waals surface area contributed by atoms with E-state index in [0.29, 0.717) is 12.2 Å². The second-order valence-corrected chi connectivity index (χ2v) is 4.37. The lowest BCUT2D eigenvalue weighted by atomic mass is 10.3. The summed E-state index contributed by atoms with van der Waals surface area (Å²) in [4.78, 5) is 38.9. The Balaban J connectivity index is 2.51. The summed E-state index contributed by atoms with van der Waals surface area (Å²) in [5, 5.41) is 13.9. The van der Waals surface area contributed by atoms with E-state index < -0.39 is 12.0 Å². The van der Waals surface area contributed by atoms with Crippen LogP contribution in [0.25, 0.3) is 0 Å². The molecular weight excluding hydrogens is 276 g/mol. The fraction of sp³-hybridized carbons (Fsp3) is 0.385. The van der Waals surface area contributed by atoms with Gasteiger partial charge in [0.05, 0.1) is 11.9 Å². The number of urea groups is 1. The molecule has 1 rings (SSSR count). The summed E-state index contributed by atoms with van der Waals surface area (Å²) in [6.07, 6.45) is 2.07. The van der Waals surface area contributed by atoms with Crippen LogP contribution in [-0.2, 0) is 4.79 Å². The molecule has 0 aliphatic rings. The highest BCUT2D eigenvalue weighted by atomic mass is 16.4. The van der Waals surface area contributed by atoms with Crippen molar-refractivity contribution < 1.29 is 19.5 Å². The van der Waals surface area contributed by atoms with Gasteiger partial charge >= 0.3 is 12.0 Å². The molecule has 0 atom stereocenters. The summed E-state index contributed by atoms with van der Waals surface area (Å²) in [7, 11) is 1.49. The van der Waals surface area contributed by atoms with Gasteiger partial charge in [-0.3, -0.25) is 4.79 Å². The quantitative estimate of drug-likeness (QED) is 0.717. The third-order valence-corrected chi connectivity index (χ3v) is 2.53. The molecule has 0 fully saturated rings. The van der Waals surface area contributed by atoms with E-state index in [9.17, 15) is 14.4 Å². The fourth-order valence-electron chi connectivity index (χ4n) is 1.42. The third kappa shape index (κ3) is 5.47. The van der Waals surface area contributed by atoms with Gasteiger partial charge in [0.15, 0.2) is 0 Å². The lowest BCUT2D eigenvalue weighted by Crippen LogP contribution is -2.40. The highest BCUT2D eigenvalue weighted by Crippen LogP contribution is 2.07. The molecule has 21 heavy (non-hydrogen) atoms. The zero-order valence-corrected chi connectivity index (χ0v) is 11.9. The second kappa shape index (κ2) is 7.83. The van der Waals surface area contributed by atoms with E-state index in [1.54, 1.807) is 0 Å². The van der Waals surface area contributed by atoms with Crippen molar-refractivity contribution in [3.05, 3.63) is 24.0 Å². The molecule has 1 aromatic rings. The predicted octanol–water partition coefficient (Wildman–Crippen LogP) is 0.770. The minimum absolute atomic E-state index is 0.0630. The first-order chi connectivity index (χ1) is 9.93. The molecule has 0 bridgehead atoms. The Morgan fingerprint density at radius 3 is 2.57 bits per heavy atom. The van der Waals surface area contributed by atoms with Crippen molar-refractivity contribution >= 4 is 23.6 Å². The lowest BCUT2D eigenvalue weighted by Gasteiger charge is -2.17. The standard InChI is InChI=1S/C13H18N4O4/c1-3-6-14-11(18)8-17(2)13(21)16-9-4-5-10(12(19)20)15-7-9/h4-5,7H,3,6,8H2,1-2H3,(H,14,18)(H,16,21)(H,19,20). The molecule has 0 aromatic carbocycles. The number of nitrogens with one attached hydrogen (secondary N) is 2. The Morgan fingerprint density at radius 1 is 1.33 bits per heavy atom. The SMILES string of the molecule is CCCNC(=O)CN(C)C(=O)Nc1ccc(C(=O)O)nc1. The summed E-state index contributed by atoms with van der Waals surface area (Å²) >= 11 is 0. The van der Waals surface area contributed by atoms with Crippen LogP contribution in [0.1, 0.15) is 23.8 Å². The van der Waals surface area contributed by atoms with Crippen molar-refractivity contribution in [1.29, 1.82) is 0 Å². The number of carbonyl (C=O) groups excluding carboxylic acids is 2. The van der Waals surface area contributed by atoms with Gasteiger partial charge in [-0.2, -0.15) is 0 Å². The summed E-state index contributed by atoms with van der Waals surface area (Å²) < 4.78 is 0. The van der Waals surface area contributed by atoms with Gasteiger partial charge in [-0.15, -0.1) is 0 Å². The second-order valence-electron chi connectivity index (χ2n) is 4.37. The molecule has 3 N–H and O–H groups in total. The van der Waals surface area contributed by atoms with Crippen LogP contribution < -0.4 is 10.6 Å². The number of pyridine rings is 1. The molecule has 0 saturated carbocycles. The maximum absolute atomic E-state index is 11.8. The molecule has 0 radical (unpaired) electrons. The topological polar surface area (TPSA) is 112 Å². The van der Waals surface area contributed by atoms with E-state index >= 15 is 0 Å². The maximum Gasteiger partial charge on any atom is 0.354 e. The van der Waals surface area contributed by atoms with Crippen LogP contribution in [-0.4, -0.2) is 53.0 Å². The van der Waals surface area contributed by atoms with Gasteiger partial charge < -0.3 is 20.6 Å². The number of aromatic nitrogens is 1. The predicted molar refractivity (Wildman–Crippen MR) is 76.1 cm³/mol. The monoisotopic (exact) mass is 294 g/mol. The average Bonchev–Trinajstić information content (AvgIpc) is 2.45. The van der Waals surface area contributed by atoms with Crippen molar-refractivity contribution in [2.45, 2.75) is 13.3 Å². The van der Waals surface area contributed by atoms with Crippen LogP contribution in [0, 0.1) is 0 Å². The third-order valence-electron chi connectivity index (χ3n) is 2.53. The van der Waals surface area contributed by atoms with Crippen LogP contribution in [0.3, 0.4) is 0 Å². The van der Waals surface area contributed by atoms with Gasteiger partial charge in [-0.25, -0.2) is 14.6 Å². The summed E-state index contributed by atoms with van der Waals surface area (Å²) in [5.41, 5.74) is 0.242. The molecule has 0 saturated heterocycles. The molecule has 0 unspecified atom stereocenters. The van der Waals surface area contributed by atoms with Gasteiger partial charge in [0.1, 0.15) is 12.2 Å². The van der Waals surface area contributed by atoms with Gasteiger partial charge in [-0.05, 0) is 18.6 Å². The van der Waals surface area contributed by atoms with Crippen LogP contribution in [0.2, 0.25) is 0 Å². The average molecular weight is 294 g/mol. The molecule has 8 nitrogen and oxygen atoms in total. The molecule has 8 heteroatoms. The summed E-state index contributed by atoms with van der Waals surface area (Å²) in [6, 6.07) is 2.23. The Hall–Kier alpha value is -2.64. The van der Waals surface area contributed by atoms with Crippen molar-refractivity contribution in [2.24, 2.45) is 0 Å². The molecule has 1 heterocycles. The van der Waals surface area contributed by atoms with E-state index in [1.807, 2.05) is 6.92 Å². The highest BCUT2D eigenvalue weighted by Gasteiger charge is 2.13. The Kier molecular flexibility index (Phi) is 6.12. The Morgan fingerprint density at radius 2 is 2.05 bits per heavy atom. The number of carbonyl (C=O) groups is 3. The highest BCUT2D eigenvalue weighted by molar-refractivity contribution is 5.92. The largest absolute Gasteiger partial charge is 0.477 e. The fourth-order valence-corrected chi connectivity index (χ4v) is 1.42. The minimum Gasteiger partial charge on any atom is -0.477 e. The van der Waals surface area contributed by atoms with Crippen LogP contribution in [0.4, 0.5) is 10.5 Å². The maximum atomic E-state index is 11.8. The lowest BCUT2D eigenvalue weighted by molar-refractivity contribution is -0.121. The molecule has 3 amide bonds. The molecule has 0 spiro atoms. The first kappa shape index (κ1) is 16.4. The molecule has 114 valence electrons. The Bertz CT molecular complexity index is 515. The number of anilines is 1. The normalized spacial score (nSPS) is 9.81. The number of nitrogens with zero attached hydrogens (tertiary/aromatic N) is 2. The number of carboxylic acids is 1. The molecule has 0 aliphatic heterocycles. The number of aromatic carboxylic acids is 1. The zero-order valence-electron chi connectivity index (χ0n) is 11.9. The van der Waals surface area contributed by atoms with Crippen LogP contribution in [0.15, 0.2) is 18.3 Å². The van der Waals surface area contributed by atoms with Crippen LogP contribution in [0.5, 0.6) is 0 Å². The van der Waals surface area contributed by atoms with Gasteiger partial charge in [0, 0.05) is 13.6 Å². The van der Waals surface area contributed by atoms with Crippen molar-refractivity contribution in [3.8, 4) is 0 Å². The smallest absolute Gasteiger partial charge is 0.354 e. The first-order valence-electron chi connectivity index (χ1n) is 6.42. The van der Waals surface area contributed by atoms with Gasteiger partial charge in [0.2, 0.25) is 5.91 Å². The van der Waals surface area contributed by atoms with E-state index in [4.69, 9.17) is 5.11 Å². The number of amides is 3. The van der Waals surface area contributed by atoms with Gasteiger partial charge in [-0.1, -0.05) is 6.92 Å². The molecular formula is C13H18N4O4. The molecule has 1 aromatic heterocycles. The number of hydrogen-bond donors (Lipinski definition) is 3. The van der Waals surface area contributed by atoms with E-state index in [1.165, 1.54) is 30.3 Å². The number of likely N-dealkylation sites (N-methyl/N-ethyl adjacent to an activating group) is 1. The number of hydrogen-bond acceptors (Lipinski definition) is 4. The zero-order chi connectivity index (χ0) is 15.8. The molecule has 0 aliphatic carbocycles. The van der Waals surface area contributed by atoms with Crippen LogP contribution >= 0.6 is 0 Å². The van der Waals surface area contributed by atoms with Gasteiger partial charge in [0.25, 0.3) is 0 Å². The van der Waals surface area contributed by atoms with Crippen molar-refractivity contribution in [3.63, 3.8) is 0 Å². The number of carboxylic acid groups (broad SMARTS) is 1. The number of rotatable bonds is 6. The minimum atomic E-state index is -1.14. The van der Waals surface area contributed by atoms with E-state index in [2.05, 4.69) is 15.6 Å². The Labute approximate surface area is 122 Å². The van der Waals surface area contributed by atoms with Crippen molar-refractivity contribution in [2.75, 3.05) is 25.5 Å². The van der Waals surface area contributed by atoms with E-state index in [0.717, 1.165) is 6.42 Å². The summed E-state index contributed by atoms with van der Waals surface area (Å²) in [6.45, 7) is 2.44. The van der Waals surface area contributed by atoms with Crippen molar-refractivity contribution in [1.82, 2.24) is 15.2 Å². The first-order valence-corrected chi connectivity index (χ1v) is 6.42.